The van der Waals surface area contributed by atoms with Crippen LogP contribution in [0.3, 0.4) is 0 Å². The third-order valence-corrected chi connectivity index (χ3v) is 6.09. The second-order valence-electron chi connectivity index (χ2n) is 7.01. The molecule has 0 amide bonds. The maximum atomic E-state index is 12.3. The molecule has 0 saturated carbocycles. The van der Waals surface area contributed by atoms with Crippen molar-refractivity contribution in [3.63, 3.8) is 0 Å². The van der Waals surface area contributed by atoms with Gasteiger partial charge in [-0.25, -0.2) is 4.79 Å². The number of carbonyl (C=O) groups excluding carboxylic acids is 1. The summed E-state index contributed by atoms with van der Waals surface area (Å²) in [6.07, 6.45) is 1.38. The first kappa shape index (κ1) is 25.9. The van der Waals surface area contributed by atoms with Crippen LogP contribution in [0.4, 0.5) is 0 Å². The molecule has 0 fully saturated rings. The summed E-state index contributed by atoms with van der Waals surface area (Å²) < 4.78 is 9.73. The average Bonchev–Trinajstić information content (AvgIpc) is 2.71. The van der Waals surface area contributed by atoms with Crippen molar-refractivity contribution in [3.05, 3.63) is 70.5 Å². The van der Waals surface area contributed by atoms with E-state index in [1.165, 1.54) is 20.5 Å². The van der Waals surface area contributed by atoms with Crippen LogP contribution in [0.1, 0.15) is 34.7 Å². The Labute approximate surface area is 193 Å². The molecule has 0 aliphatic rings. The SMILES string of the molecule is CO/C=C(/C(=O)OC)c1cccc(C)c1CO/N=C(\C)c1c(P)cccc1C(P)(P)P. The quantitative estimate of drug-likeness (QED) is 0.137. The summed E-state index contributed by atoms with van der Waals surface area (Å²) in [5, 5.41) is 5.42. The highest BCUT2D eigenvalue weighted by Crippen LogP contribution is 2.46. The fourth-order valence-corrected chi connectivity index (χ4v) is 4.37. The molecule has 0 saturated heterocycles. The molecule has 5 nitrogen and oxygen atoms in total. The lowest BCUT2D eigenvalue weighted by Crippen LogP contribution is -2.16. The number of oxime groups is 1. The summed E-state index contributed by atoms with van der Waals surface area (Å²) in [4.78, 5) is 18.0. The Morgan fingerprint density at radius 3 is 2.42 bits per heavy atom. The first-order chi connectivity index (χ1) is 14.6. The third-order valence-electron chi connectivity index (χ3n) is 4.68. The van der Waals surface area contributed by atoms with Crippen molar-refractivity contribution in [2.45, 2.75) is 25.1 Å². The number of hydrogen-bond donors (Lipinski definition) is 0. The zero-order chi connectivity index (χ0) is 23.2. The van der Waals surface area contributed by atoms with Crippen molar-refractivity contribution in [1.29, 1.82) is 0 Å². The fraction of sp³-hybridized carbons (Fsp3) is 0.273. The van der Waals surface area contributed by atoms with Crippen LogP contribution >= 0.6 is 37.0 Å². The van der Waals surface area contributed by atoms with Crippen LogP contribution in [0.2, 0.25) is 0 Å². The Kier molecular flexibility index (Phi) is 9.60. The van der Waals surface area contributed by atoms with Crippen molar-refractivity contribution in [2.24, 2.45) is 5.16 Å². The Bertz CT molecular complexity index is 1010. The first-order valence-corrected chi connectivity index (χ1v) is 11.7. The summed E-state index contributed by atoms with van der Waals surface area (Å²) in [6, 6.07) is 11.8. The molecular weight excluding hydrogens is 466 g/mol. The van der Waals surface area contributed by atoms with Gasteiger partial charge in [-0.3, -0.25) is 0 Å². The van der Waals surface area contributed by atoms with E-state index in [4.69, 9.17) is 14.3 Å². The van der Waals surface area contributed by atoms with Crippen LogP contribution in [0.5, 0.6) is 0 Å². The molecule has 4 atom stereocenters. The predicted molar refractivity (Wildman–Crippen MR) is 142 cm³/mol. The highest BCUT2D eigenvalue weighted by atomic mass is 31.1. The second-order valence-corrected chi connectivity index (χ2v) is 12.5. The van der Waals surface area contributed by atoms with Gasteiger partial charge < -0.3 is 14.3 Å². The molecule has 31 heavy (non-hydrogen) atoms. The molecular formula is C22H29NO4P4. The minimum Gasteiger partial charge on any atom is -0.503 e. The third kappa shape index (κ3) is 6.57. The standard InChI is InChI=1S/C22H29NO4P4/c1-13-7-5-8-15(17(11-25-3)21(24)26-4)16(13)12-27-23-14(2)20-18(22(29,30)31)9-6-10-19(20)28/h5-11H,12,28-31H2,1-4H3/b17-11+,23-14+. The largest absolute Gasteiger partial charge is 0.503 e. The molecule has 2 aromatic rings. The maximum Gasteiger partial charge on any atom is 0.341 e. The van der Waals surface area contributed by atoms with Crippen LogP contribution < -0.4 is 5.30 Å². The van der Waals surface area contributed by atoms with E-state index in [1.54, 1.807) is 0 Å². The van der Waals surface area contributed by atoms with Gasteiger partial charge in [0.1, 0.15) is 12.2 Å². The van der Waals surface area contributed by atoms with E-state index >= 15 is 0 Å². The van der Waals surface area contributed by atoms with Crippen molar-refractivity contribution >= 4 is 59.5 Å². The van der Waals surface area contributed by atoms with Crippen molar-refractivity contribution < 1.29 is 19.1 Å². The van der Waals surface area contributed by atoms with Crippen LogP contribution in [-0.2, 0) is 30.4 Å². The summed E-state index contributed by atoms with van der Waals surface area (Å²) in [5.41, 5.74) is 5.68. The number of carbonyl (C=O) groups is 1. The topological polar surface area (TPSA) is 57.1 Å². The minimum absolute atomic E-state index is 0.194. The van der Waals surface area contributed by atoms with Gasteiger partial charge in [0, 0.05) is 15.8 Å². The first-order valence-electron chi connectivity index (χ1n) is 9.44. The number of ether oxygens (including phenoxy) is 2. The summed E-state index contributed by atoms with van der Waals surface area (Å²) in [7, 11) is 14.0. The lowest BCUT2D eigenvalue weighted by atomic mass is 9.97. The van der Waals surface area contributed by atoms with E-state index in [0.717, 1.165) is 33.3 Å². The summed E-state index contributed by atoms with van der Waals surface area (Å²) >= 11 is 0. The van der Waals surface area contributed by atoms with Gasteiger partial charge in [0.2, 0.25) is 0 Å². The lowest BCUT2D eigenvalue weighted by Gasteiger charge is -2.23. The van der Waals surface area contributed by atoms with Gasteiger partial charge in [-0.1, -0.05) is 41.6 Å². The Morgan fingerprint density at radius 2 is 1.81 bits per heavy atom. The Balaban J connectivity index is 2.38. The van der Waals surface area contributed by atoms with E-state index in [-0.39, 0.29) is 11.2 Å². The Hall–Kier alpha value is -1.36. The second kappa shape index (κ2) is 11.5. The van der Waals surface area contributed by atoms with Crippen LogP contribution in [0.25, 0.3) is 5.57 Å². The zero-order valence-corrected chi connectivity index (χ0v) is 22.8. The van der Waals surface area contributed by atoms with Gasteiger partial charge >= 0.3 is 5.97 Å². The number of nitrogens with zero attached hydrogens (tertiary/aromatic N) is 1. The monoisotopic (exact) mass is 495 g/mol. The van der Waals surface area contributed by atoms with E-state index in [0.29, 0.717) is 11.1 Å². The molecule has 4 unspecified atom stereocenters. The van der Waals surface area contributed by atoms with Crippen molar-refractivity contribution in [3.8, 4) is 0 Å². The number of esters is 1. The van der Waals surface area contributed by atoms with Crippen LogP contribution in [0.15, 0.2) is 47.8 Å². The molecule has 0 aliphatic carbocycles. The lowest BCUT2D eigenvalue weighted by molar-refractivity contribution is -0.133. The molecule has 166 valence electrons. The number of hydrogen-bond acceptors (Lipinski definition) is 5. The Morgan fingerprint density at radius 1 is 1.13 bits per heavy atom. The average molecular weight is 495 g/mol. The summed E-state index contributed by atoms with van der Waals surface area (Å²) in [5.74, 6) is -0.479. The minimum atomic E-state index is -0.479. The predicted octanol–water partition coefficient (Wildman–Crippen LogP) is 4.33. The van der Waals surface area contributed by atoms with E-state index in [1.807, 2.05) is 44.2 Å². The molecule has 0 bridgehead atoms. The molecule has 0 spiro atoms. The zero-order valence-electron chi connectivity index (χ0n) is 18.1. The van der Waals surface area contributed by atoms with E-state index in [9.17, 15) is 4.79 Å². The molecule has 0 radical (unpaired) electrons. The van der Waals surface area contributed by atoms with E-state index < -0.39 is 5.97 Å². The molecule has 0 aliphatic heterocycles. The molecule has 2 aromatic carbocycles. The normalized spacial score (nSPS) is 12.5. The van der Waals surface area contributed by atoms with Gasteiger partial charge in [-0.15, -0.1) is 37.0 Å². The number of rotatable bonds is 8. The number of methoxy groups -OCH3 is 2. The van der Waals surface area contributed by atoms with Crippen LogP contribution in [-0.4, -0.2) is 25.9 Å². The molecule has 0 N–H and O–H groups in total. The van der Waals surface area contributed by atoms with Gasteiger partial charge in [0.05, 0.1) is 26.2 Å². The summed E-state index contributed by atoms with van der Waals surface area (Å²) in [6.45, 7) is 4.07. The highest BCUT2D eigenvalue weighted by molar-refractivity contribution is 7.56. The maximum absolute atomic E-state index is 12.3. The number of benzene rings is 2. The van der Waals surface area contributed by atoms with Crippen molar-refractivity contribution in [1.82, 2.24) is 0 Å². The van der Waals surface area contributed by atoms with Crippen LogP contribution in [0, 0.1) is 6.92 Å². The van der Waals surface area contributed by atoms with E-state index in [2.05, 4.69) is 48.2 Å². The van der Waals surface area contributed by atoms with Gasteiger partial charge in [0.25, 0.3) is 0 Å². The highest BCUT2D eigenvalue weighted by Gasteiger charge is 2.22. The molecule has 0 aromatic heterocycles. The smallest absolute Gasteiger partial charge is 0.341 e. The van der Waals surface area contributed by atoms with Gasteiger partial charge in [-0.05, 0) is 35.8 Å². The fourth-order valence-electron chi connectivity index (χ4n) is 3.17. The molecule has 9 heteroatoms. The molecule has 0 heterocycles. The molecule has 2 rings (SSSR count). The number of aryl methyl sites for hydroxylation is 1. The van der Waals surface area contributed by atoms with Gasteiger partial charge in [-0.2, -0.15) is 0 Å². The van der Waals surface area contributed by atoms with Crippen molar-refractivity contribution in [2.75, 3.05) is 14.2 Å². The van der Waals surface area contributed by atoms with Gasteiger partial charge in [0.15, 0.2) is 0 Å².